The molecule has 4 aliphatic carbocycles. The summed E-state index contributed by atoms with van der Waals surface area (Å²) in [7, 11) is 6.91. The van der Waals surface area contributed by atoms with Crippen molar-refractivity contribution < 1.29 is 41.0 Å². The topological polar surface area (TPSA) is 58.4 Å². The standard InChI is InChI=1S/C21H29NO5.ClH/c1-22(19-12-8-14-15(9-12)18(14)19)6-5-7-27-21(23)13-10-16(24-2)20(26-4)17(11-13)25-3;/h10-12,14-15,18-19H,5-9H2,1-4H3;1H. The van der Waals surface area contributed by atoms with E-state index in [1.807, 2.05) is 0 Å². The molecule has 0 heterocycles. The van der Waals surface area contributed by atoms with Gasteiger partial charge in [-0.15, -0.1) is 0 Å². The van der Waals surface area contributed by atoms with Crippen LogP contribution in [0.25, 0.3) is 0 Å². The van der Waals surface area contributed by atoms with E-state index in [0.29, 0.717) is 29.4 Å². The van der Waals surface area contributed by atoms with Gasteiger partial charge in [0.1, 0.15) is 0 Å². The van der Waals surface area contributed by atoms with E-state index < -0.39 is 0 Å². The Morgan fingerprint density at radius 2 is 1.68 bits per heavy atom. The summed E-state index contributed by atoms with van der Waals surface area (Å²) in [4.78, 5) is 14.0. The lowest BCUT2D eigenvalue weighted by Crippen LogP contribution is -3.13. The molecule has 156 valence electrons. The van der Waals surface area contributed by atoms with Crippen LogP contribution in [-0.2, 0) is 4.74 Å². The van der Waals surface area contributed by atoms with Crippen LogP contribution >= 0.6 is 0 Å². The van der Waals surface area contributed by atoms with Crippen LogP contribution in [0.15, 0.2) is 12.1 Å². The summed E-state index contributed by atoms with van der Waals surface area (Å²) in [6, 6.07) is 4.10. The second kappa shape index (κ2) is 8.37. The molecule has 0 radical (unpaired) electrons. The van der Waals surface area contributed by atoms with Gasteiger partial charge in [0.25, 0.3) is 0 Å². The molecule has 4 saturated carbocycles. The van der Waals surface area contributed by atoms with Crippen molar-refractivity contribution in [1.82, 2.24) is 0 Å². The Morgan fingerprint density at radius 1 is 1.07 bits per heavy atom. The molecule has 1 N–H and O–H groups in total. The number of methoxy groups -OCH3 is 3. The Kier molecular flexibility index (Phi) is 6.30. The molecule has 4 aliphatic rings. The number of carbonyl (C=O) groups excluding carboxylic acids is 1. The fourth-order valence-corrected chi connectivity index (χ4v) is 5.77. The molecule has 0 spiro atoms. The lowest BCUT2D eigenvalue weighted by Gasteiger charge is -2.24. The molecule has 4 unspecified atom stereocenters. The first-order valence-electron chi connectivity index (χ1n) is 9.88. The summed E-state index contributed by atoms with van der Waals surface area (Å²) >= 11 is 0. The first kappa shape index (κ1) is 21.1. The van der Waals surface area contributed by atoms with Gasteiger partial charge in [-0.05, 0) is 36.8 Å². The second-order valence-corrected chi connectivity index (χ2v) is 8.16. The number of esters is 1. The highest BCUT2D eigenvalue weighted by Gasteiger charge is 2.71. The van der Waals surface area contributed by atoms with Gasteiger partial charge in [0.05, 0.1) is 53.1 Å². The van der Waals surface area contributed by atoms with Crippen molar-refractivity contribution in [3.05, 3.63) is 17.7 Å². The third kappa shape index (κ3) is 3.52. The van der Waals surface area contributed by atoms with Crippen LogP contribution < -0.4 is 31.5 Å². The molecule has 1 aromatic carbocycles. The highest BCUT2D eigenvalue weighted by atomic mass is 35.5. The molecule has 0 aliphatic heterocycles. The molecule has 28 heavy (non-hydrogen) atoms. The van der Waals surface area contributed by atoms with Gasteiger partial charge in [0, 0.05) is 18.3 Å². The summed E-state index contributed by atoms with van der Waals surface area (Å²) in [5.74, 6) is 5.05. The van der Waals surface area contributed by atoms with E-state index in [0.717, 1.165) is 42.7 Å². The molecule has 7 heteroatoms. The van der Waals surface area contributed by atoms with Gasteiger partial charge in [-0.1, -0.05) is 0 Å². The summed E-state index contributed by atoms with van der Waals surface area (Å²) < 4.78 is 21.4. The molecule has 4 atom stereocenters. The van der Waals surface area contributed by atoms with Crippen LogP contribution in [0.3, 0.4) is 0 Å². The van der Waals surface area contributed by atoms with Crippen LogP contribution in [0.2, 0.25) is 0 Å². The Balaban J connectivity index is 0.00000225. The van der Waals surface area contributed by atoms with E-state index in [1.165, 1.54) is 34.2 Å². The lowest BCUT2D eigenvalue weighted by atomic mass is 10.1. The van der Waals surface area contributed by atoms with Crippen molar-refractivity contribution in [3.63, 3.8) is 0 Å². The maximum Gasteiger partial charge on any atom is 0.338 e. The molecule has 0 aromatic heterocycles. The van der Waals surface area contributed by atoms with Gasteiger partial charge in [-0.2, -0.15) is 0 Å². The normalized spacial score (nSPS) is 29.6. The van der Waals surface area contributed by atoms with E-state index in [4.69, 9.17) is 18.9 Å². The van der Waals surface area contributed by atoms with Gasteiger partial charge >= 0.3 is 5.97 Å². The number of carbonyl (C=O) groups is 1. The third-order valence-electron chi connectivity index (χ3n) is 6.89. The molecular formula is C21H30ClNO5. The van der Waals surface area contributed by atoms with Gasteiger partial charge in [0.15, 0.2) is 11.5 Å². The van der Waals surface area contributed by atoms with Crippen molar-refractivity contribution in [2.75, 3.05) is 41.5 Å². The predicted molar refractivity (Wildman–Crippen MR) is 99.7 cm³/mol. The minimum Gasteiger partial charge on any atom is -1.00 e. The number of nitrogens with one attached hydrogen (secondary N) is 1. The predicted octanol–water partition coefficient (Wildman–Crippen LogP) is -1.57. The molecule has 6 nitrogen and oxygen atoms in total. The zero-order chi connectivity index (χ0) is 19.1. The molecule has 4 bridgehead atoms. The number of benzene rings is 1. The number of hydrogen-bond acceptors (Lipinski definition) is 5. The summed E-state index contributed by atoms with van der Waals surface area (Å²) in [6.45, 7) is 1.49. The number of rotatable bonds is 9. The van der Waals surface area contributed by atoms with Crippen molar-refractivity contribution in [1.29, 1.82) is 0 Å². The van der Waals surface area contributed by atoms with Crippen LogP contribution in [0.4, 0.5) is 0 Å². The summed E-state index contributed by atoms with van der Waals surface area (Å²) in [5.41, 5.74) is 0.405. The van der Waals surface area contributed by atoms with Crippen molar-refractivity contribution in [2.45, 2.75) is 25.3 Å². The maximum absolute atomic E-state index is 12.4. The highest BCUT2D eigenvalue weighted by Crippen LogP contribution is 2.69. The van der Waals surface area contributed by atoms with E-state index in [2.05, 4.69) is 7.05 Å². The van der Waals surface area contributed by atoms with Crippen LogP contribution in [0.5, 0.6) is 17.2 Å². The smallest absolute Gasteiger partial charge is 0.338 e. The first-order chi connectivity index (χ1) is 13.1. The average molecular weight is 412 g/mol. The number of hydrogen-bond donors (Lipinski definition) is 1. The first-order valence-corrected chi connectivity index (χ1v) is 9.88. The zero-order valence-corrected chi connectivity index (χ0v) is 17.8. The van der Waals surface area contributed by atoms with E-state index in [9.17, 15) is 4.79 Å². The van der Waals surface area contributed by atoms with E-state index in [1.54, 1.807) is 17.0 Å². The van der Waals surface area contributed by atoms with Crippen LogP contribution in [-0.4, -0.2) is 53.5 Å². The van der Waals surface area contributed by atoms with Crippen molar-refractivity contribution in [2.24, 2.45) is 23.7 Å². The largest absolute Gasteiger partial charge is 1.00 e. The molecule has 4 fully saturated rings. The highest BCUT2D eigenvalue weighted by molar-refractivity contribution is 5.91. The van der Waals surface area contributed by atoms with Gasteiger partial charge < -0.3 is 36.3 Å². The molecule has 0 saturated heterocycles. The Labute approximate surface area is 172 Å². The van der Waals surface area contributed by atoms with E-state index >= 15 is 0 Å². The Bertz CT molecular complexity index is 688. The molecule has 0 amide bonds. The summed E-state index contributed by atoms with van der Waals surface area (Å²) in [5, 5.41) is 0. The van der Waals surface area contributed by atoms with Crippen LogP contribution in [0, 0.1) is 23.7 Å². The number of ether oxygens (including phenoxy) is 4. The fraction of sp³-hybridized carbons (Fsp3) is 0.667. The average Bonchev–Trinajstić information content (AvgIpc) is 3.07. The van der Waals surface area contributed by atoms with Crippen molar-refractivity contribution in [3.8, 4) is 17.2 Å². The SMILES string of the molecule is COc1cc(C(=O)OCCC[NH+](C)C2C3CC4C(C3)C42)cc(OC)c1OC.[Cl-]. The third-order valence-corrected chi connectivity index (χ3v) is 6.89. The molecule has 1 aromatic rings. The Hall–Kier alpha value is -1.66. The maximum atomic E-state index is 12.4. The molecule has 5 rings (SSSR count). The second-order valence-electron chi connectivity index (χ2n) is 8.16. The van der Waals surface area contributed by atoms with Gasteiger partial charge in [0.2, 0.25) is 5.75 Å². The fourth-order valence-electron chi connectivity index (χ4n) is 5.77. The summed E-state index contributed by atoms with van der Waals surface area (Å²) in [6.07, 6.45) is 3.81. The number of quaternary nitrogens is 1. The quantitative estimate of drug-likeness (QED) is 0.393. The monoisotopic (exact) mass is 411 g/mol. The lowest BCUT2D eigenvalue weighted by molar-refractivity contribution is -0.910. The van der Waals surface area contributed by atoms with Crippen LogP contribution in [0.1, 0.15) is 29.6 Å². The molecular weight excluding hydrogens is 382 g/mol. The van der Waals surface area contributed by atoms with Gasteiger partial charge in [-0.25, -0.2) is 4.79 Å². The van der Waals surface area contributed by atoms with E-state index in [-0.39, 0.29) is 18.4 Å². The minimum atomic E-state index is -0.364. The van der Waals surface area contributed by atoms with Crippen molar-refractivity contribution >= 4 is 5.97 Å². The minimum absolute atomic E-state index is 0. The Morgan fingerprint density at radius 3 is 2.14 bits per heavy atom. The van der Waals surface area contributed by atoms with Gasteiger partial charge in [-0.3, -0.25) is 0 Å². The number of halogens is 1. The zero-order valence-electron chi connectivity index (χ0n) is 17.0.